The molecular formula is C11H17FN2O. The zero-order valence-corrected chi connectivity index (χ0v) is 9.13. The number of phenolic OH excluding ortho intramolecular Hbond substituents is 1. The summed E-state index contributed by atoms with van der Waals surface area (Å²) in [5, 5.41) is 9.50. The molecule has 0 aliphatic carbocycles. The summed E-state index contributed by atoms with van der Waals surface area (Å²) in [7, 11) is 0. The molecular weight excluding hydrogens is 195 g/mol. The SMILES string of the molecule is CCN(CC)Cc1cc(N)cc(F)c1O. The van der Waals surface area contributed by atoms with E-state index in [1.54, 1.807) is 6.07 Å². The fourth-order valence-electron chi connectivity index (χ4n) is 1.49. The topological polar surface area (TPSA) is 49.5 Å². The molecule has 3 N–H and O–H groups in total. The van der Waals surface area contributed by atoms with Gasteiger partial charge in [0.15, 0.2) is 11.6 Å². The quantitative estimate of drug-likeness (QED) is 0.592. The van der Waals surface area contributed by atoms with Crippen molar-refractivity contribution in [1.29, 1.82) is 0 Å². The lowest BCUT2D eigenvalue weighted by atomic mass is 10.1. The Labute approximate surface area is 89.3 Å². The van der Waals surface area contributed by atoms with Crippen LogP contribution in [0.4, 0.5) is 10.1 Å². The Morgan fingerprint density at radius 3 is 2.47 bits per heavy atom. The summed E-state index contributed by atoms with van der Waals surface area (Å²) in [4.78, 5) is 2.08. The molecule has 0 saturated carbocycles. The summed E-state index contributed by atoms with van der Waals surface area (Å²) in [6.45, 7) is 6.26. The van der Waals surface area contributed by atoms with Gasteiger partial charge in [-0.05, 0) is 19.2 Å². The number of halogens is 1. The van der Waals surface area contributed by atoms with Crippen molar-refractivity contribution in [3.8, 4) is 5.75 Å². The maximum absolute atomic E-state index is 13.1. The summed E-state index contributed by atoms with van der Waals surface area (Å²) >= 11 is 0. The predicted octanol–water partition coefficient (Wildman–Crippen LogP) is 1.96. The van der Waals surface area contributed by atoms with Crippen molar-refractivity contribution in [2.75, 3.05) is 18.8 Å². The smallest absolute Gasteiger partial charge is 0.167 e. The van der Waals surface area contributed by atoms with Gasteiger partial charge in [0.2, 0.25) is 0 Å². The molecule has 3 nitrogen and oxygen atoms in total. The minimum Gasteiger partial charge on any atom is -0.505 e. The number of nitrogen functional groups attached to an aromatic ring is 1. The highest BCUT2D eigenvalue weighted by molar-refractivity contribution is 5.48. The van der Waals surface area contributed by atoms with Gasteiger partial charge in [0, 0.05) is 23.9 Å². The van der Waals surface area contributed by atoms with E-state index in [9.17, 15) is 9.50 Å². The summed E-state index contributed by atoms with van der Waals surface area (Å²) < 4.78 is 13.1. The van der Waals surface area contributed by atoms with Crippen molar-refractivity contribution in [3.05, 3.63) is 23.5 Å². The molecule has 84 valence electrons. The molecule has 0 atom stereocenters. The van der Waals surface area contributed by atoms with Crippen LogP contribution in [0.25, 0.3) is 0 Å². The van der Waals surface area contributed by atoms with E-state index in [2.05, 4.69) is 4.90 Å². The van der Waals surface area contributed by atoms with Crippen molar-refractivity contribution < 1.29 is 9.50 Å². The Kier molecular flexibility index (Phi) is 3.91. The van der Waals surface area contributed by atoms with Crippen LogP contribution in [-0.2, 0) is 6.54 Å². The van der Waals surface area contributed by atoms with Gasteiger partial charge in [0.25, 0.3) is 0 Å². The number of hydrogen-bond donors (Lipinski definition) is 2. The highest BCUT2D eigenvalue weighted by Crippen LogP contribution is 2.25. The Morgan fingerprint density at radius 2 is 1.93 bits per heavy atom. The number of aromatic hydroxyl groups is 1. The van der Waals surface area contributed by atoms with Crippen molar-refractivity contribution in [2.24, 2.45) is 0 Å². The maximum Gasteiger partial charge on any atom is 0.167 e. The average Bonchev–Trinajstić information content (AvgIpc) is 2.21. The number of benzene rings is 1. The second-order valence-corrected chi connectivity index (χ2v) is 3.47. The number of nitrogens with two attached hydrogens (primary N) is 1. The molecule has 0 spiro atoms. The van der Waals surface area contributed by atoms with Gasteiger partial charge in [-0.25, -0.2) is 4.39 Å². The molecule has 0 fully saturated rings. The second-order valence-electron chi connectivity index (χ2n) is 3.47. The standard InChI is InChI=1S/C11H17FN2O/c1-3-14(4-2)7-8-5-9(13)6-10(12)11(8)15/h5-6,15H,3-4,7,13H2,1-2H3. The lowest BCUT2D eigenvalue weighted by Gasteiger charge is -2.19. The molecule has 4 heteroatoms. The van der Waals surface area contributed by atoms with Crippen molar-refractivity contribution >= 4 is 5.69 Å². The monoisotopic (exact) mass is 212 g/mol. The van der Waals surface area contributed by atoms with Gasteiger partial charge in [-0.1, -0.05) is 13.8 Å². The fourth-order valence-corrected chi connectivity index (χ4v) is 1.49. The van der Waals surface area contributed by atoms with E-state index >= 15 is 0 Å². The van der Waals surface area contributed by atoms with E-state index in [1.807, 2.05) is 13.8 Å². The molecule has 1 aromatic carbocycles. The molecule has 0 aromatic heterocycles. The van der Waals surface area contributed by atoms with Gasteiger partial charge in [0.1, 0.15) is 0 Å². The summed E-state index contributed by atoms with van der Waals surface area (Å²) in [6, 6.07) is 2.73. The minimum atomic E-state index is -0.655. The molecule has 0 amide bonds. The van der Waals surface area contributed by atoms with E-state index in [1.165, 1.54) is 0 Å². The summed E-state index contributed by atoms with van der Waals surface area (Å²) in [6.07, 6.45) is 0. The predicted molar refractivity (Wildman–Crippen MR) is 59.1 cm³/mol. The Hall–Kier alpha value is -1.29. The third-order valence-electron chi connectivity index (χ3n) is 2.45. The Morgan fingerprint density at radius 1 is 1.33 bits per heavy atom. The van der Waals surface area contributed by atoms with Gasteiger partial charge in [-0.15, -0.1) is 0 Å². The molecule has 0 heterocycles. The van der Waals surface area contributed by atoms with Gasteiger partial charge < -0.3 is 10.8 Å². The highest BCUT2D eigenvalue weighted by Gasteiger charge is 2.11. The molecule has 1 aromatic rings. The van der Waals surface area contributed by atoms with Crippen LogP contribution in [0.15, 0.2) is 12.1 Å². The molecule has 15 heavy (non-hydrogen) atoms. The van der Waals surface area contributed by atoms with Crippen LogP contribution < -0.4 is 5.73 Å². The van der Waals surface area contributed by atoms with Crippen LogP contribution in [0.1, 0.15) is 19.4 Å². The van der Waals surface area contributed by atoms with Crippen LogP contribution in [0, 0.1) is 5.82 Å². The van der Waals surface area contributed by atoms with Gasteiger partial charge in [-0.3, -0.25) is 4.90 Å². The van der Waals surface area contributed by atoms with E-state index in [0.29, 0.717) is 17.8 Å². The first-order valence-corrected chi connectivity index (χ1v) is 5.07. The first-order chi connectivity index (χ1) is 7.08. The molecule has 0 bridgehead atoms. The van der Waals surface area contributed by atoms with Crippen LogP contribution in [0.5, 0.6) is 5.75 Å². The molecule has 1 rings (SSSR count). The van der Waals surface area contributed by atoms with E-state index in [-0.39, 0.29) is 5.75 Å². The lowest BCUT2D eigenvalue weighted by Crippen LogP contribution is -2.22. The lowest BCUT2D eigenvalue weighted by molar-refractivity contribution is 0.289. The van der Waals surface area contributed by atoms with Gasteiger partial charge in [0.05, 0.1) is 0 Å². The first-order valence-electron chi connectivity index (χ1n) is 5.07. The fraction of sp³-hybridized carbons (Fsp3) is 0.455. The number of rotatable bonds is 4. The maximum atomic E-state index is 13.1. The van der Waals surface area contributed by atoms with Crippen molar-refractivity contribution in [1.82, 2.24) is 4.90 Å². The van der Waals surface area contributed by atoms with Gasteiger partial charge >= 0.3 is 0 Å². The van der Waals surface area contributed by atoms with Gasteiger partial charge in [-0.2, -0.15) is 0 Å². The largest absolute Gasteiger partial charge is 0.505 e. The molecule has 0 aliphatic heterocycles. The molecule has 0 radical (unpaired) electrons. The number of phenols is 1. The third kappa shape index (κ3) is 2.83. The van der Waals surface area contributed by atoms with Crippen LogP contribution in [0.3, 0.4) is 0 Å². The average molecular weight is 212 g/mol. The molecule has 0 aliphatic rings. The number of anilines is 1. The van der Waals surface area contributed by atoms with E-state index in [4.69, 9.17) is 5.73 Å². The first kappa shape index (κ1) is 11.8. The van der Waals surface area contributed by atoms with Crippen LogP contribution in [-0.4, -0.2) is 23.1 Å². The van der Waals surface area contributed by atoms with Crippen LogP contribution >= 0.6 is 0 Å². The van der Waals surface area contributed by atoms with Crippen molar-refractivity contribution in [2.45, 2.75) is 20.4 Å². The number of hydrogen-bond acceptors (Lipinski definition) is 3. The highest BCUT2D eigenvalue weighted by atomic mass is 19.1. The van der Waals surface area contributed by atoms with E-state index in [0.717, 1.165) is 19.2 Å². The summed E-state index contributed by atoms with van der Waals surface area (Å²) in [5.41, 5.74) is 6.40. The van der Waals surface area contributed by atoms with E-state index < -0.39 is 5.82 Å². The zero-order valence-electron chi connectivity index (χ0n) is 9.13. The zero-order chi connectivity index (χ0) is 11.4. The minimum absolute atomic E-state index is 0.295. The molecule has 0 unspecified atom stereocenters. The number of nitrogens with zero attached hydrogens (tertiary/aromatic N) is 1. The summed E-state index contributed by atoms with van der Waals surface area (Å²) in [5.74, 6) is -0.951. The van der Waals surface area contributed by atoms with Crippen LogP contribution in [0.2, 0.25) is 0 Å². The third-order valence-corrected chi connectivity index (χ3v) is 2.45. The second kappa shape index (κ2) is 4.98. The normalized spacial score (nSPS) is 10.9. The Bertz CT molecular complexity index is 338. The van der Waals surface area contributed by atoms with Crippen molar-refractivity contribution in [3.63, 3.8) is 0 Å². The molecule has 0 saturated heterocycles. The Balaban J connectivity index is 2.93.